The summed E-state index contributed by atoms with van der Waals surface area (Å²) < 4.78 is 5.39. The van der Waals surface area contributed by atoms with E-state index in [0.29, 0.717) is 18.0 Å². The quantitative estimate of drug-likeness (QED) is 0.761. The van der Waals surface area contributed by atoms with Crippen molar-refractivity contribution in [2.45, 2.75) is 38.5 Å². The summed E-state index contributed by atoms with van der Waals surface area (Å²) in [6.07, 6.45) is 8.00. The summed E-state index contributed by atoms with van der Waals surface area (Å²) in [7, 11) is 0. The molecule has 3 saturated heterocycles. The van der Waals surface area contributed by atoms with Crippen molar-refractivity contribution in [1.82, 2.24) is 14.7 Å². The van der Waals surface area contributed by atoms with Crippen molar-refractivity contribution in [3.05, 3.63) is 24.3 Å². The van der Waals surface area contributed by atoms with Crippen LogP contribution >= 0.6 is 0 Å². The lowest BCUT2D eigenvalue weighted by Crippen LogP contribution is -2.70. The summed E-state index contributed by atoms with van der Waals surface area (Å²) in [5.41, 5.74) is -0.445. The summed E-state index contributed by atoms with van der Waals surface area (Å²) in [4.78, 5) is 30.8. The van der Waals surface area contributed by atoms with Crippen molar-refractivity contribution >= 4 is 12.0 Å². The highest BCUT2D eigenvalue weighted by Gasteiger charge is 2.48. The van der Waals surface area contributed by atoms with Crippen LogP contribution in [0.4, 0.5) is 4.79 Å². The van der Waals surface area contributed by atoms with Crippen LogP contribution in [-0.2, 0) is 9.53 Å². The number of carbonyl (C=O) groups excluding carboxylic acids is 2. The first-order chi connectivity index (χ1) is 11.8. The van der Waals surface area contributed by atoms with Gasteiger partial charge in [-0.3, -0.25) is 9.69 Å². The Kier molecular flexibility index (Phi) is 3.90. The van der Waals surface area contributed by atoms with Gasteiger partial charge in [0.2, 0.25) is 5.91 Å². The number of hydrogen-bond acceptors (Lipinski definition) is 4. The minimum Gasteiger partial charge on any atom is -0.444 e. The number of ether oxygens (including phenoxy) is 1. The van der Waals surface area contributed by atoms with Crippen LogP contribution in [0, 0.1) is 11.8 Å². The molecule has 0 aromatic carbocycles. The Balaban J connectivity index is 1.23. The van der Waals surface area contributed by atoms with E-state index >= 15 is 0 Å². The maximum absolute atomic E-state index is 12.6. The zero-order valence-corrected chi connectivity index (χ0v) is 15.2. The fraction of sp³-hybridized carbons (Fsp3) is 0.684. The third-order valence-electron chi connectivity index (χ3n) is 5.59. The SMILES string of the molecule is CC(C)(C)OC(=O)N1CC(N2CC(N3CC4C=CC=CC4C3=O)C2)C1. The van der Waals surface area contributed by atoms with Gasteiger partial charge in [-0.05, 0) is 20.8 Å². The van der Waals surface area contributed by atoms with E-state index in [0.717, 1.165) is 32.7 Å². The fourth-order valence-corrected chi connectivity index (χ4v) is 4.08. The van der Waals surface area contributed by atoms with Crippen molar-refractivity contribution < 1.29 is 14.3 Å². The molecule has 3 aliphatic heterocycles. The molecule has 25 heavy (non-hydrogen) atoms. The van der Waals surface area contributed by atoms with E-state index in [4.69, 9.17) is 4.74 Å². The van der Waals surface area contributed by atoms with Crippen LogP contribution in [0.15, 0.2) is 24.3 Å². The van der Waals surface area contributed by atoms with Gasteiger partial charge in [0.15, 0.2) is 0 Å². The van der Waals surface area contributed by atoms with E-state index in [2.05, 4.69) is 15.9 Å². The topological polar surface area (TPSA) is 53.1 Å². The zero-order valence-electron chi connectivity index (χ0n) is 15.2. The number of amides is 2. The van der Waals surface area contributed by atoms with E-state index in [1.165, 1.54) is 0 Å². The molecule has 4 rings (SSSR count). The predicted octanol–water partition coefficient (Wildman–Crippen LogP) is 1.49. The number of likely N-dealkylation sites (tertiary alicyclic amines) is 3. The molecule has 2 unspecified atom stereocenters. The molecule has 2 amide bonds. The molecule has 0 saturated carbocycles. The molecule has 0 N–H and O–H groups in total. The molecule has 0 radical (unpaired) electrons. The van der Waals surface area contributed by atoms with Gasteiger partial charge in [-0.1, -0.05) is 24.3 Å². The van der Waals surface area contributed by atoms with Gasteiger partial charge < -0.3 is 14.5 Å². The largest absolute Gasteiger partial charge is 0.444 e. The molecule has 3 heterocycles. The standard InChI is InChI=1S/C19H27N3O3/c1-19(2,3)25-18(24)21-9-14(10-21)20-11-15(12-20)22-8-13-6-4-5-7-16(13)17(22)23/h4-7,13-16H,8-12H2,1-3H3. The van der Waals surface area contributed by atoms with Crippen LogP contribution in [0.1, 0.15) is 20.8 Å². The molecule has 4 aliphatic rings. The number of fused-ring (bicyclic) bond motifs is 1. The third kappa shape index (κ3) is 3.08. The summed E-state index contributed by atoms with van der Waals surface area (Å²) >= 11 is 0. The van der Waals surface area contributed by atoms with Crippen molar-refractivity contribution in [1.29, 1.82) is 0 Å². The van der Waals surface area contributed by atoms with Crippen LogP contribution in [0.25, 0.3) is 0 Å². The van der Waals surface area contributed by atoms with Gasteiger partial charge in [0.25, 0.3) is 0 Å². The fourth-order valence-electron chi connectivity index (χ4n) is 4.08. The maximum Gasteiger partial charge on any atom is 0.410 e. The first kappa shape index (κ1) is 16.6. The van der Waals surface area contributed by atoms with E-state index in [1.54, 1.807) is 4.90 Å². The molecule has 0 aromatic heterocycles. The van der Waals surface area contributed by atoms with Gasteiger partial charge in [-0.25, -0.2) is 4.79 Å². The molecule has 136 valence electrons. The predicted molar refractivity (Wildman–Crippen MR) is 93.9 cm³/mol. The monoisotopic (exact) mass is 345 g/mol. The molecular formula is C19H27N3O3. The van der Waals surface area contributed by atoms with Gasteiger partial charge in [0, 0.05) is 44.7 Å². The summed E-state index contributed by atoms with van der Waals surface area (Å²) in [5, 5.41) is 0. The highest BCUT2D eigenvalue weighted by Crippen LogP contribution is 2.34. The van der Waals surface area contributed by atoms with Crippen molar-refractivity contribution in [2.75, 3.05) is 32.7 Å². The number of carbonyl (C=O) groups is 2. The lowest BCUT2D eigenvalue weighted by atomic mass is 9.92. The number of rotatable bonds is 2. The molecule has 3 fully saturated rings. The second kappa shape index (κ2) is 5.87. The Morgan fingerprint density at radius 3 is 2.36 bits per heavy atom. The van der Waals surface area contributed by atoms with E-state index in [1.807, 2.05) is 39.0 Å². The third-order valence-corrected chi connectivity index (χ3v) is 5.59. The molecule has 0 spiro atoms. The molecule has 1 aliphatic carbocycles. The minimum atomic E-state index is -0.445. The lowest BCUT2D eigenvalue weighted by Gasteiger charge is -2.53. The second-order valence-electron chi connectivity index (χ2n) is 8.60. The van der Waals surface area contributed by atoms with E-state index in [9.17, 15) is 9.59 Å². The second-order valence-corrected chi connectivity index (χ2v) is 8.60. The number of nitrogens with zero attached hydrogens (tertiary/aromatic N) is 3. The smallest absolute Gasteiger partial charge is 0.410 e. The average Bonchev–Trinajstić information content (AvgIpc) is 2.75. The van der Waals surface area contributed by atoms with E-state index in [-0.39, 0.29) is 17.9 Å². The molecular weight excluding hydrogens is 318 g/mol. The Bertz CT molecular complexity index is 624. The Labute approximate surface area is 149 Å². The number of hydrogen-bond donors (Lipinski definition) is 0. The molecule has 6 heteroatoms. The minimum absolute atomic E-state index is 0.0467. The first-order valence-electron chi connectivity index (χ1n) is 9.19. The molecule has 6 nitrogen and oxygen atoms in total. The molecule has 0 bridgehead atoms. The van der Waals surface area contributed by atoms with Crippen LogP contribution < -0.4 is 0 Å². The maximum atomic E-state index is 12.6. The Morgan fingerprint density at radius 1 is 1.04 bits per heavy atom. The highest BCUT2D eigenvalue weighted by atomic mass is 16.6. The van der Waals surface area contributed by atoms with Crippen LogP contribution in [0.5, 0.6) is 0 Å². The summed E-state index contributed by atoms with van der Waals surface area (Å²) in [6, 6.07) is 0.735. The van der Waals surface area contributed by atoms with Crippen molar-refractivity contribution in [3.8, 4) is 0 Å². The van der Waals surface area contributed by atoms with Gasteiger partial charge in [-0.15, -0.1) is 0 Å². The van der Waals surface area contributed by atoms with Crippen LogP contribution in [0.2, 0.25) is 0 Å². The van der Waals surface area contributed by atoms with Crippen LogP contribution in [-0.4, -0.2) is 77.1 Å². The molecule has 2 atom stereocenters. The molecule has 0 aromatic rings. The lowest BCUT2D eigenvalue weighted by molar-refractivity contribution is -0.137. The van der Waals surface area contributed by atoms with Crippen LogP contribution in [0.3, 0.4) is 0 Å². The number of allylic oxidation sites excluding steroid dienone is 2. The van der Waals surface area contributed by atoms with Crippen molar-refractivity contribution in [2.24, 2.45) is 11.8 Å². The first-order valence-corrected chi connectivity index (χ1v) is 9.19. The van der Waals surface area contributed by atoms with Crippen molar-refractivity contribution in [3.63, 3.8) is 0 Å². The normalized spacial score (nSPS) is 30.3. The van der Waals surface area contributed by atoms with Gasteiger partial charge in [0.1, 0.15) is 5.60 Å². The summed E-state index contributed by atoms with van der Waals surface area (Å²) in [6.45, 7) is 9.80. The Hall–Kier alpha value is -1.82. The zero-order chi connectivity index (χ0) is 17.8. The highest BCUT2D eigenvalue weighted by molar-refractivity contribution is 5.84. The summed E-state index contributed by atoms with van der Waals surface area (Å²) in [5.74, 6) is 0.669. The van der Waals surface area contributed by atoms with Gasteiger partial charge in [0.05, 0.1) is 12.0 Å². The van der Waals surface area contributed by atoms with E-state index < -0.39 is 5.60 Å². The van der Waals surface area contributed by atoms with Gasteiger partial charge >= 0.3 is 6.09 Å². The average molecular weight is 345 g/mol. The van der Waals surface area contributed by atoms with Gasteiger partial charge in [-0.2, -0.15) is 0 Å². The Morgan fingerprint density at radius 2 is 1.72 bits per heavy atom.